The van der Waals surface area contributed by atoms with Gasteiger partial charge in [-0.2, -0.15) is 0 Å². The molecule has 1 aliphatic heterocycles. The molecule has 0 spiro atoms. The number of nitrogens with zero attached hydrogens (tertiary/aromatic N) is 1. The number of nitrogens with one attached hydrogen (secondary N) is 1. The molecule has 1 N–H and O–H groups in total. The molecule has 1 unspecified atom stereocenters. The van der Waals surface area contributed by atoms with E-state index in [9.17, 15) is 0 Å². The second kappa shape index (κ2) is 6.19. The van der Waals surface area contributed by atoms with Crippen LogP contribution >= 0.6 is 0 Å². The Hall–Kier alpha value is -0.0800. The van der Waals surface area contributed by atoms with E-state index >= 15 is 0 Å². The van der Waals surface area contributed by atoms with Crippen molar-refractivity contribution in [3.63, 3.8) is 0 Å². The van der Waals surface area contributed by atoms with Gasteiger partial charge >= 0.3 is 0 Å². The summed E-state index contributed by atoms with van der Waals surface area (Å²) in [6.45, 7) is 18.9. The zero-order valence-electron chi connectivity index (χ0n) is 12.7. The lowest BCUT2D eigenvalue weighted by Crippen LogP contribution is -2.41. The van der Waals surface area contributed by atoms with Gasteiger partial charge in [0.05, 0.1) is 0 Å². The van der Waals surface area contributed by atoms with Gasteiger partial charge in [0.15, 0.2) is 0 Å². The molecule has 1 heterocycles. The van der Waals surface area contributed by atoms with Crippen LogP contribution in [-0.4, -0.2) is 37.1 Å². The van der Waals surface area contributed by atoms with Crippen molar-refractivity contribution < 1.29 is 0 Å². The van der Waals surface area contributed by atoms with Gasteiger partial charge in [-0.1, -0.05) is 41.5 Å². The van der Waals surface area contributed by atoms with Crippen LogP contribution in [0.15, 0.2) is 0 Å². The summed E-state index contributed by atoms with van der Waals surface area (Å²) in [7, 11) is 0. The van der Waals surface area contributed by atoms with E-state index in [0.29, 0.717) is 11.5 Å². The molecule has 0 radical (unpaired) electrons. The highest BCUT2D eigenvalue weighted by molar-refractivity contribution is 4.83. The minimum Gasteiger partial charge on any atom is -0.314 e. The fourth-order valence-electron chi connectivity index (χ4n) is 2.69. The van der Waals surface area contributed by atoms with E-state index in [1.165, 1.54) is 26.1 Å². The third-order valence-electron chi connectivity index (χ3n) is 3.89. The van der Waals surface area contributed by atoms with Crippen molar-refractivity contribution in [2.45, 2.75) is 54.0 Å². The van der Waals surface area contributed by atoms with Crippen molar-refractivity contribution in [2.24, 2.45) is 17.3 Å². The fraction of sp³-hybridized carbons (Fsp3) is 1.00. The van der Waals surface area contributed by atoms with E-state index in [2.05, 4.69) is 51.8 Å². The Morgan fingerprint density at radius 1 is 1.24 bits per heavy atom. The Bertz CT molecular complexity index is 221. The van der Waals surface area contributed by atoms with Crippen molar-refractivity contribution >= 4 is 0 Å². The molecule has 102 valence electrons. The molecule has 1 aliphatic rings. The Balaban J connectivity index is 2.33. The van der Waals surface area contributed by atoms with Gasteiger partial charge < -0.3 is 10.2 Å². The molecule has 1 saturated heterocycles. The maximum atomic E-state index is 3.57. The molecule has 0 amide bonds. The van der Waals surface area contributed by atoms with E-state index in [0.717, 1.165) is 18.4 Å². The van der Waals surface area contributed by atoms with Gasteiger partial charge in [-0.05, 0) is 30.2 Å². The number of rotatable bonds is 6. The molecule has 2 nitrogen and oxygen atoms in total. The molecule has 0 bridgehead atoms. The SMILES string of the molecule is CC(C)NCC(C)(C)CN1CCC(C(C)C)C1. The monoisotopic (exact) mass is 240 g/mol. The molecule has 1 rings (SSSR count). The average molecular weight is 240 g/mol. The van der Waals surface area contributed by atoms with Crippen LogP contribution in [0.4, 0.5) is 0 Å². The van der Waals surface area contributed by atoms with Gasteiger partial charge in [0, 0.05) is 25.7 Å². The van der Waals surface area contributed by atoms with Crippen LogP contribution in [0.1, 0.15) is 48.0 Å². The molecule has 1 fully saturated rings. The van der Waals surface area contributed by atoms with Crippen LogP contribution in [0.25, 0.3) is 0 Å². The molecular formula is C15H32N2. The quantitative estimate of drug-likeness (QED) is 0.768. The van der Waals surface area contributed by atoms with Gasteiger partial charge in [-0.3, -0.25) is 0 Å². The summed E-state index contributed by atoms with van der Waals surface area (Å²) in [5.74, 6) is 1.76. The minimum atomic E-state index is 0.385. The summed E-state index contributed by atoms with van der Waals surface area (Å²) in [6.07, 6.45) is 1.39. The summed E-state index contributed by atoms with van der Waals surface area (Å²) in [5, 5.41) is 3.57. The minimum absolute atomic E-state index is 0.385. The molecule has 0 aromatic carbocycles. The number of hydrogen-bond acceptors (Lipinski definition) is 2. The summed E-state index contributed by atoms with van der Waals surface area (Å²) < 4.78 is 0. The largest absolute Gasteiger partial charge is 0.314 e. The smallest absolute Gasteiger partial charge is 0.00449 e. The van der Waals surface area contributed by atoms with Crippen molar-refractivity contribution in [3.8, 4) is 0 Å². The van der Waals surface area contributed by atoms with Crippen LogP contribution in [0, 0.1) is 17.3 Å². The van der Waals surface area contributed by atoms with Gasteiger partial charge in [-0.15, -0.1) is 0 Å². The fourth-order valence-corrected chi connectivity index (χ4v) is 2.69. The molecular weight excluding hydrogens is 208 g/mol. The molecule has 0 saturated carbocycles. The Labute approximate surface area is 108 Å². The van der Waals surface area contributed by atoms with Gasteiger partial charge in [0.1, 0.15) is 0 Å². The Morgan fingerprint density at radius 2 is 1.88 bits per heavy atom. The summed E-state index contributed by atoms with van der Waals surface area (Å²) in [5.41, 5.74) is 0.385. The van der Waals surface area contributed by atoms with E-state index in [1.54, 1.807) is 0 Å². The third kappa shape index (κ3) is 5.39. The van der Waals surface area contributed by atoms with E-state index in [4.69, 9.17) is 0 Å². The first kappa shape index (κ1) is 15.0. The molecule has 1 atom stereocenters. The molecule has 0 aromatic heterocycles. The molecule has 0 aliphatic carbocycles. The van der Waals surface area contributed by atoms with Crippen LogP contribution in [0.2, 0.25) is 0 Å². The van der Waals surface area contributed by atoms with Gasteiger partial charge in [-0.25, -0.2) is 0 Å². The first-order chi connectivity index (χ1) is 7.80. The summed E-state index contributed by atoms with van der Waals surface area (Å²) >= 11 is 0. The van der Waals surface area contributed by atoms with E-state index in [1.807, 2.05) is 0 Å². The topological polar surface area (TPSA) is 15.3 Å². The Kier molecular flexibility index (Phi) is 5.46. The highest BCUT2D eigenvalue weighted by Crippen LogP contribution is 2.26. The first-order valence-electron chi connectivity index (χ1n) is 7.26. The lowest BCUT2D eigenvalue weighted by Gasteiger charge is -2.31. The average Bonchev–Trinajstić information content (AvgIpc) is 2.63. The standard InChI is InChI=1S/C15H32N2/c1-12(2)14-7-8-17(9-14)11-15(5,6)10-16-13(3)4/h12-14,16H,7-11H2,1-6H3. The first-order valence-corrected chi connectivity index (χ1v) is 7.26. The third-order valence-corrected chi connectivity index (χ3v) is 3.89. The Morgan fingerprint density at radius 3 is 2.35 bits per heavy atom. The zero-order valence-corrected chi connectivity index (χ0v) is 12.7. The zero-order chi connectivity index (χ0) is 13.1. The van der Waals surface area contributed by atoms with Crippen LogP contribution in [0.3, 0.4) is 0 Å². The molecule has 0 aromatic rings. The maximum absolute atomic E-state index is 3.57. The van der Waals surface area contributed by atoms with Crippen molar-refractivity contribution in [2.75, 3.05) is 26.2 Å². The normalized spacial score (nSPS) is 22.9. The highest BCUT2D eigenvalue weighted by atomic mass is 15.2. The lowest BCUT2D eigenvalue weighted by atomic mass is 9.92. The summed E-state index contributed by atoms with van der Waals surface area (Å²) in [6, 6.07) is 0.594. The van der Waals surface area contributed by atoms with Crippen molar-refractivity contribution in [1.29, 1.82) is 0 Å². The van der Waals surface area contributed by atoms with Crippen molar-refractivity contribution in [1.82, 2.24) is 10.2 Å². The van der Waals surface area contributed by atoms with Crippen LogP contribution in [0.5, 0.6) is 0 Å². The molecule has 17 heavy (non-hydrogen) atoms. The van der Waals surface area contributed by atoms with Gasteiger partial charge in [0.2, 0.25) is 0 Å². The maximum Gasteiger partial charge on any atom is 0.00449 e. The second-order valence-electron chi connectivity index (χ2n) is 7.23. The lowest BCUT2D eigenvalue weighted by molar-refractivity contribution is 0.191. The second-order valence-corrected chi connectivity index (χ2v) is 7.23. The predicted octanol–water partition coefficient (Wildman–Crippen LogP) is 2.99. The van der Waals surface area contributed by atoms with E-state index < -0.39 is 0 Å². The summed E-state index contributed by atoms with van der Waals surface area (Å²) in [4.78, 5) is 2.66. The predicted molar refractivity (Wildman–Crippen MR) is 76.3 cm³/mol. The van der Waals surface area contributed by atoms with Gasteiger partial charge in [0.25, 0.3) is 0 Å². The van der Waals surface area contributed by atoms with Crippen LogP contribution in [-0.2, 0) is 0 Å². The highest BCUT2D eigenvalue weighted by Gasteiger charge is 2.29. The number of hydrogen-bond donors (Lipinski definition) is 1. The number of likely N-dealkylation sites (tertiary alicyclic amines) is 1. The van der Waals surface area contributed by atoms with E-state index in [-0.39, 0.29) is 0 Å². The molecule has 2 heteroatoms. The van der Waals surface area contributed by atoms with Crippen LogP contribution < -0.4 is 5.32 Å². The van der Waals surface area contributed by atoms with Crippen molar-refractivity contribution in [3.05, 3.63) is 0 Å².